The normalized spacial score (nSPS) is 13.0. The lowest BCUT2D eigenvalue weighted by Crippen LogP contribution is -2.13. The first-order chi connectivity index (χ1) is 10.2. The molecule has 0 radical (unpaired) electrons. The molecular formula is C15H17F3N4. The van der Waals surface area contributed by atoms with E-state index in [9.17, 15) is 13.2 Å². The maximum absolute atomic E-state index is 12.5. The van der Waals surface area contributed by atoms with Crippen LogP contribution in [0.15, 0.2) is 24.3 Å². The predicted molar refractivity (Wildman–Crippen MR) is 78.8 cm³/mol. The molecule has 22 heavy (non-hydrogen) atoms. The quantitative estimate of drug-likeness (QED) is 0.903. The van der Waals surface area contributed by atoms with E-state index in [0.717, 1.165) is 12.1 Å². The number of halogens is 3. The van der Waals surface area contributed by atoms with Crippen molar-refractivity contribution in [2.75, 3.05) is 5.32 Å². The van der Waals surface area contributed by atoms with Crippen molar-refractivity contribution in [1.29, 1.82) is 0 Å². The van der Waals surface area contributed by atoms with Gasteiger partial charge in [-0.05, 0) is 45.0 Å². The van der Waals surface area contributed by atoms with Gasteiger partial charge in [-0.2, -0.15) is 13.2 Å². The standard InChI is InChI=1S/C15H17F3N4/c1-8(19)13-9(2)21-14(10(3)20-13)22-12-6-4-11(5-7-12)15(16,17)18/h4-8H,19H2,1-3H3,(H,21,22). The number of hydrogen-bond donors (Lipinski definition) is 2. The van der Waals surface area contributed by atoms with Crippen molar-refractivity contribution in [3.63, 3.8) is 0 Å². The molecule has 0 saturated carbocycles. The van der Waals surface area contributed by atoms with E-state index in [0.29, 0.717) is 28.6 Å². The number of hydrogen-bond acceptors (Lipinski definition) is 4. The number of aryl methyl sites for hydroxylation is 2. The van der Waals surface area contributed by atoms with Crippen LogP contribution < -0.4 is 11.1 Å². The van der Waals surface area contributed by atoms with Gasteiger partial charge in [0.05, 0.1) is 22.6 Å². The minimum Gasteiger partial charge on any atom is -0.339 e. The van der Waals surface area contributed by atoms with Crippen LogP contribution in [0.4, 0.5) is 24.7 Å². The van der Waals surface area contributed by atoms with E-state index in [1.807, 2.05) is 6.92 Å². The molecule has 4 nitrogen and oxygen atoms in total. The van der Waals surface area contributed by atoms with Gasteiger partial charge >= 0.3 is 6.18 Å². The largest absolute Gasteiger partial charge is 0.416 e. The van der Waals surface area contributed by atoms with Crippen molar-refractivity contribution >= 4 is 11.5 Å². The van der Waals surface area contributed by atoms with Crippen molar-refractivity contribution in [2.45, 2.75) is 33.0 Å². The van der Waals surface area contributed by atoms with Crippen LogP contribution in [0.1, 0.15) is 35.6 Å². The Kier molecular flexibility index (Phi) is 4.37. The van der Waals surface area contributed by atoms with Gasteiger partial charge in [-0.3, -0.25) is 4.98 Å². The second kappa shape index (κ2) is 5.92. The highest BCUT2D eigenvalue weighted by atomic mass is 19.4. The van der Waals surface area contributed by atoms with Crippen molar-refractivity contribution in [3.8, 4) is 0 Å². The summed E-state index contributed by atoms with van der Waals surface area (Å²) >= 11 is 0. The first kappa shape index (κ1) is 16.2. The Bertz CT molecular complexity index is 664. The Balaban J connectivity index is 2.26. The molecule has 2 rings (SSSR count). The summed E-state index contributed by atoms with van der Waals surface area (Å²) in [6, 6.07) is 4.53. The van der Waals surface area contributed by atoms with Crippen LogP contribution in [0.3, 0.4) is 0 Å². The zero-order valence-corrected chi connectivity index (χ0v) is 12.5. The molecule has 2 aromatic rings. The fourth-order valence-corrected chi connectivity index (χ4v) is 2.05. The van der Waals surface area contributed by atoms with Gasteiger partial charge in [0.2, 0.25) is 0 Å². The molecule has 0 aliphatic rings. The summed E-state index contributed by atoms with van der Waals surface area (Å²) in [7, 11) is 0. The number of benzene rings is 1. The van der Waals surface area contributed by atoms with Gasteiger partial charge in [-0.15, -0.1) is 0 Å². The molecule has 1 unspecified atom stereocenters. The van der Waals surface area contributed by atoms with E-state index in [1.165, 1.54) is 12.1 Å². The highest BCUT2D eigenvalue weighted by Crippen LogP contribution is 2.30. The van der Waals surface area contributed by atoms with Crippen LogP contribution in [0.25, 0.3) is 0 Å². The van der Waals surface area contributed by atoms with E-state index in [1.54, 1.807) is 13.8 Å². The zero-order chi connectivity index (χ0) is 16.5. The Morgan fingerprint density at radius 3 is 2.14 bits per heavy atom. The Hall–Kier alpha value is -2.15. The van der Waals surface area contributed by atoms with Crippen molar-refractivity contribution in [2.24, 2.45) is 5.73 Å². The molecule has 1 atom stereocenters. The van der Waals surface area contributed by atoms with Gasteiger partial charge in [-0.1, -0.05) is 0 Å². The summed E-state index contributed by atoms with van der Waals surface area (Å²) in [4.78, 5) is 8.78. The number of anilines is 2. The van der Waals surface area contributed by atoms with Gasteiger partial charge in [0.1, 0.15) is 0 Å². The molecule has 3 N–H and O–H groups in total. The molecule has 0 aliphatic heterocycles. The summed E-state index contributed by atoms with van der Waals surface area (Å²) in [5.41, 5.74) is 7.67. The average Bonchev–Trinajstić information content (AvgIpc) is 2.41. The molecular weight excluding hydrogens is 293 g/mol. The van der Waals surface area contributed by atoms with Crippen LogP contribution in [-0.2, 0) is 6.18 Å². The summed E-state index contributed by atoms with van der Waals surface area (Å²) < 4.78 is 37.6. The number of nitrogens with two attached hydrogens (primary N) is 1. The minimum atomic E-state index is -4.34. The Morgan fingerprint density at radius 2 is 1.64 bits per heavy atom. The Labute approximate surface area is 126 Å². The highest BCUT2D eigenvalue weighted by molar-refractivity contribution is 5.58. The number of alkyl halides is 3. The lowest BCUT2D eigenvalue weighted by molar-refractivity contribution is -0.137. The van der Waals surface area contributed by atoms with E-state index in [4.69, 9.17) is 5.73 Å². The van der Waals surface area contributed by atoms with Crippen molar-refractivity contribution < 1.29 is 13.2 Å². The second-order valence-electron chi connectivity index (χ2n) is 5.12. The van der Waals surface area contributed by atoms with Gasteiger partial charge in [0.15, 0.2) is 5.82 Å². The number of rotatable bonds is 3. The number of nitrogens with one attached hydrogen (secondary N) is 1. The fraction of sp³-hybridized carbons (Fsp3) is 0.333. The molecule has 0 aliphatic carbocycles. The molecule has 0 spiro atoms. The molecule has 0 fully saturated rings. The molecule has 0 saturated heterocycles. The molecule has 1 aromatic heterocycles. The van der Waals surface area contributed by atoms with Gasteiger partial charge in [0.25, 0.3) is 0 Å². The third-order valence-corrected chi connectivity index (χ3v) is 3.19. The minimum absolute atomic E-state index is 0.230. The van der Waals surface area contributed by atoms with E-state index < -0.39 is 11.7 Å². The maximum atomic E-state index is 12.5. The topological polar surface area (TPSA) is 63.8 Å². The zero-order valence-electron chi connectivity index (χ0n) is 12.5. The second-order valence-corrected chi connectivity index (χ2v) is 5.12. The molecule has 7 heteroatoms. The summed E-state index contributed by atoms with van der Waals surface area (Å²) in [5.74, 6) is 0.502. The van der Waals surface area contributed by atoms with Crippen molar-refractivity contribution in [1.82, 2.24) is 9.97 Å². The molecule has 118 valence electrons. The highest BCUT2D eigenvalue weighted by Gasteiger charge is 2.29. The van der Waals surface area contributed by atoms with Gasteiger partial charge in [0, 0.05) is 11.7 Å². The van der Waals surface area contributed by atoms with E-state index in [2.05, 4.69) is 15.3 Å². The summed E-state index contributed by atoms with van der Waals surface area (Å²) in [6.45, 7) is 5.38. The van der Waals surface area contributed by atoms with Gasteiger partial charge in [-0.25, -0.2) is 4.98 Å². The van der Waals surface area contributed by atoms with Crippen molar-refractivity contribution in [3.05, 3.63) is 46.9 Å². The SMILES string of the molecule is Cc1nc(C(C)N)c(C)nc1Nc1ccc(C(F)(F)F)cc1. The molecule has 1 aromatic carbocycles. The smallest absolute Gasteiger partial charge is 0.339 e. The van der Waals surface area contributed by atoms with Crippen LogP contribution in [0, 0.1) is 13.8 Å². The molecule has 1 heterocycles. The average molecular weight is 310 g/mol. The van der Waals surface area contributed by atoms with Crippen LogP contribution in [0.2, 0.25) is 0 Å². The van der Waals surface area contributed by atoms with Crippen LogP contribution in [0.5, 0.6) is 0 Å². The molecule has 0 amide bonds. The summed E-state index contributed by atoms with van der Waals surface area (Å²) in [5, 5.41) is 2.98. The van der Waals surface area contributed by atoms with E-state index >= 15 is 0 Å². The predicted octanol–water partition coefficient (Wildman–Crippen LogP) is 3.88. The van der Waals surface area contributed by atoms with E-state index in [-0.39, 0.29) is 6.04 Å². The lowest BCUT2D eigenvalue weighted by atomic mass is 10.2. The lowest BCUT2D eigenvalue weighted by Gasteiger charge is -2.14. The first-order valence-corrected chi connectivity index (χ1v) is 6.73. The van der Waals surface area contributed by atoms with Crippen LogP contribution >= 0.6 is 0 Å². The number of nitrogens with zero attached hydrogens (tertiary/aromatic N) is 2. The third-order valence-electron chi connectivity index (χ3n) is 3.19. The van der Waals surface area contributed by atoms with Gasteiger partial charge < -0.3 is 11.1 Å². The maximum Gasteiger partial charge on any atom is 0.416 e. The fourth-order valence-electron chi connectivity index (χ4n) is 2.05. The monoisotopic (exact) mass is 310 g/mol. The first-order valence-electron chi connectivity index (χ1n) is 6.73. The molecule has 0 bridgehead atoms. The van der Waals surface area contributed by atoms with Crippen LogP contribution in [-0.4, -0.2) is 9.97 Å². The summed E-state index contributed by atoms with van der Waals surface area (Å²) in [6.07, 6.45) is -4.34. The third kappa shape index (κ3) is 3.54. The number of aromatic nitrogens is 2. The Morgan fingerprint density at radius 1 is 1.05 bits per heavy atom.